The maximum absolute atomic E-state index is 12.6. The smallest absolute Gasteiger partial charge is 0.305 e. The van der Waals surface area contributed by atoms with E-state index in [1.54, 1.807) is 48.5 Å². The minimum absolute atomic E-state index is 0.295. The first-order valence-electron chi connectivity index (χ1n) is 7.03. The summed E-state index contributed by atoms with van der Waals surface area (Å²) < 4.78 is 0. The number of carboxylic acid groups (broad SMARTS) is 1. The van der Waals surface area contributed by atoms with Gasteiger partial charge in [-0.15, -0.1) is 0 Å². The van der Waals surface area contributed by atoms with E-state index in [9.17, 15) is 19.5 Å². The Morgan fingerprint density at radius 2 is 1.52 bits per heavy atom. The molecule has 2 aromatic rings. The zero-order valence-corrected chi connectivity index (χ0v) is 12.1. The largest absolute Gasteiger partial charge is 0.481 e. The Labute approximate surface area is 132 Å². The summed E-state index contributed by atoms with van der Waals surface area (Å²) in [5, 5.41) is 9.18. The van der Waals surface area contributed by atoms with Crippen LogP contribution in [-0.2, 0) is 4.79 Å². The van der Waals surface area contributed by atoms with Gasteiger partial charge in [0.05, 0.1) is 23.6 Å². The summed E-state index contributed by atoms with van der Waals surface area (Å²) in [5.74, 6) is -2.05. The number of anilines is 1. The average Bonchev–Trinajstić information content (AvgIpc) is 2.78. The summed E-state index contributed by atoms with van der Waals surface area (Å²) in [6.45, 7) is 0. The normalized spacial score (nSPS) is 14.7. The van der Waals surface area contributed by atoms with Crippen LogP contribution in [0.4, 0.5) is 5.69 Å². The third-order valence-electron chi connectivity index (χ3n) is 3.83. The lowest BCUT2D eigenvalue weighted by Gasteiger charge is -2.25. The van der Waals surface area contributed by atoms with Gasteiger partial charge < -0.3 is 10.8 Å². The summed E-state index contributed by atoms with van der Waals surface area (Å²) in [6, 6.07) is 12.1. The highest BCUT2D eigenvalue weighted by atomic mass is 16.4. The van der Waals surface area contributed by atoms with Gasteiger partial charge in [0.2, 0.25) is 0 Å². The van der Waals surface area contributed by atoms with Gasteiger partial charge in [0, 0.05) is 5.69 Å². The molecule has 23 heavy (non-hydrogen) atoms. The standard InChI is InChI=1S/C17H14N2O4/c18-11-7-5-10(6-8-11)14(9-15(20)21)19-16(22)12-3-1-2-4-13(12)17(19)23/h1-8,14H,9,18H2,(H,20,21). The van der Waals surface area contributed by atoms with Crippen molar-refractivity contribution < 1.29 is 19.5 Å². The maximum atomic E-state index is 12.6. The lowest BCUT2D eigenvalue weighted by atomic mass is 10.0. The molecule has 0 fully saturated rings. The Morgan fingerprint density at radius 1 is 1.00 bits per heavy atom. The topological polar surface area (TPSA) is 101 Å². The molecule has 1 heterocycles. The van der Waals surface area contributed by atoms with Gasteiger partial charge in [-0.05, 0) is 29.8 Å². The van der Waals surface area contributed by atoms with Crippen LogP contribution in [0.1, 0.15) is 38.7 Å². The summed E-state index contributed by atoms with van der Waals surface area (Å²) in [6.07, 6.45) is -0.366. The lowest BCUT2D eigenvalue weighted by Crippen LogP contribution is -2.35. The first-order chi connectivity index (χ1) is 11.0. The molecule has 3 rings (SSSR count). The minimum atomic E-state index is -1.09. The van der Waals surface area contributed by atoms with Crippen LogP contribution >= 0.6 is 0 Å². The second kappa shape index (κ2) is 5.57. The van der Waals surface area contributed by atoms with Gasteiger partial charge in [0.15, 0.2) is 0 Å². The van der Waals surface area contributed by atoms with Crippen molar-refractivity contribution in [2.75, 3.05) is 5.73 Å². The van der Waals surface area contributed by atoms with Crippen molar-refractivity contribution in [2.45, 2.75) is 12.5 Å². The van der Waals surface area contributed by atoms with Crippen molar-refractivity contribution in [3.8, 4) is 0 Å². The van der Waals surface area contributed by atoms with Gasteiger partial charge in [-0.1, -0.05) is 24.3 Å². The van der Waals surface area contributed by atoms with Gasteiger partial charge in [-0.2, -0.15) is 0 Å². The van der Waals surface area contributed by atoms with E-state index in [2.05, 4.69) is 0 Å². The number of amides is 2. The second-order valence-corrected chi connectivity index (χ2v) is 5.31. The molecule has 0 saturated carbocycles. The Balaban J connectivity index is 2.04. The van der Waals surface area contributed by atoms with Crippen LogP contribution in [0.25, 0.3) is 0 Å². The van der Waals surface area contributed by atoms with Crippen LogP contribution in [0.3, 0.4) is 0 Å². The molecular weight excluding hydrogens is 296 g/mol. The number of nitrogen functional groups attached to an aromatic ring is 1. The molecule has 116 valence electrons. The molecule has 3 N–H and O–H groups in total. The van der Waals surface area contributed by atoms with E-state index < -0.39 is 23.8 Å². The van der Waals surface area contributed by atoms with Crippen molar-refractivity contribution in [1.82, 2.24) is 4.90 Å². The number of nitrogens with two attached hydrogens (primary N) is 1. The zero-order chi connectivity index (χ0) is 16.6. The summed E-state index contributed by atoms with van der Waals surface area (Å²) in [4.78, 5) is 37.4. The first-order valence-corrected chi connectivity index (χ1v) is 7.03. The molecule has 0 aromatic heterocycles. The highest BCUT2D eigenvalue weighted by molar-refractivity contribution is 6.21. The number of hydrogen-bond acceptors (Lipinski definition) is 4. The van der Waals surface area contributed by atoms with E-state index in [1.165, 1.54) is 0 Å². The summed E-state index contributed by atoms with van der Waals surface area (Å²) >= 11 is 0. The van der Waals surface area contributed by atoms with Crippen molar-refractivity contribution >= 4 is 23.5 Å². The van der Waals surface area contributed by atoms with Crippen LogP contribution in [-0.4, -0.2) is 27.8 Å². The predicted octanol–water partition coefficient (Wildman–Crippen LogP) is 2.08. The van der Waals surface area contributed by atoms with Crippen LogP contribution in [0.5, 0.6) is 0 Å². The number of fused-ring (bicyclic) bond motifs is 1. The van der Waals surface area contributed by atoms with Crippen LogP contribution < -0.4 is 5.73 Å². The van der Waals surface area contributed by atoms with Crippen LogP contribution in [0.15, 0.2) is 48.5 Å². The fraction of sp³-hybridized carbons (Fsp3) is 0.118. The van der Waals surface area contributed by atoms with Crippen molar-refractivity contribution in [1.29, 1.82) is 0 Å². The number of carbonyl (C=O) groups excluding carboxylic acids is 2. The minimum Gasteiger partial charge on any atom is -0.481 e. The molecule has 1 unspecified atom stereocenters. The Morgan fingerprint density at radius 3 is 2.00 bits per heavy atom. The van der Waals surface area contributed by atoms with Gasteiger partial charge in [-0.25, -0.2) is 0 Å². The van der Waals surface area contributed by atoms with E-state index in [0.29, 0.717) is 22.4 Å². The van der Waals surface area contributed by atoms with E-state index in [1.807, 2.05) is 0 Å². The van der Waals surface area contributed by atoms with Gasteiger partial charge in [0.25, 0.3) is 11.8 Å². The fourth-order valence-corrected chi connectivity index (χ4v) is 2.73. The second-order valence-electron chi connectivity index (χ2n) is 5.31. The highest BCUT2D eigenvalue weighted by Gasteiger charge is 2.41. The van der Waals surface area contributed by atoms with Crippen molar-refractivity contribution in [3.05, 3.63) is 65.2 Å². The van der Waals surface area contributed by atoms with Crippen molar-refractivity contribution in [2.24, 2.45) is 0 Å². The van der Waals surface area contributed by atoms with Crippen LogP contribution in [0, 0.1) is 0 Å². The third kappa shape index (κ3) is 2.55. The number of imide groups is 1. The number of nitrogens with zero attached hydrogens (tertiary/aromatic N) is 1. The van der Waals surface area contributed by atoms with E-state index in [-0.39, 0.29) is 6.42 Å². The molecule has 1 aliphatic heterocycles. The monoisotopic (exact) mass is 310 g/mol. The number of hydrogen-bond donors (Lipinski definition) is 2. The molecule has 0 radical (unpaired) electrons. The fourth-order valence-electron chi connectivity index (χ4n) is 2.73. The van der Waals surface area contributed by atoms with Gasteiger partial charge >= 0.3 is 5.97 Å². The maximum Gasteiger partial charge on any atom is 0.305 e. The Kier molecular flexibility index (Phi) is 3.57. The number of aliphatic carboxylic acids is 1. The van der Waals surface area contributed by atoms with E-state index in [0.717, 1.165) is 4.90 Å². The number of benzene rings is 2. The first kappa shape index (κ1) is 14.8. The zero-order valence-electron chi connectivity index (χ0n) is 12.1. The predicted molar refractivity (Wildman–Crippen MR) is 82.8 cm³/mol. The highest BCUT2D eigenvalue weighted by Crippen LogP contribution is 2.33. The quantitative estimate of drug-likeness (QED) is 0.665. The molecule has 6 heteroatoms. The summed E-state index contributed by atoms with van der Waals surface area (Å²) in [7, 11) is 0. The third-order valence-corrected chi connectivity index (χ3v) is 3.83. The number of rotatable bonds is 4. The van der Waals surface area contributed by atoms with Gasteiger partial charge in [-0.3, -0.25) is 19.3 Å². The molecule has 0 aliphatic carbocycles. The van der Waals surface area contributed by atoms with Crippen molar-refractivity contribution in [3.63, 3.8) is 0 Å². The molecule has 2 amide bonds. The molecule has 6 nitrogen and oxygen atoms in total. The Bertz CT molecular complexity index is 763. The van der Waals surface area contributed by atoms with E-state index in [4.69, 9.17) is 5.73 Å². The average molecular weight is 310 g/mol. The van der Waals surface area contributed by atoms with Crippen LogP contribution in [0.2, 0.25) is 0 Å². The molecule has 0 spiro atoms. The molecule has 1 aliphatic rings. The molecule has 0 bridgehead atoms. The number of carbonyl (C=O) groups is 3. The lowest BCUT2D eigenvalue weighted by molar-refractivity contribution is -0.138. The molecule has 0 saturated heterocycles. The number of carboxylic acids is 1. The van der Waals surface area contributed by atoms with Gasteiger partial charge in [0.1, 0.15) is 0 Å². The van der Waals surface area contributed by atoms with E-state index >= 15 is 0 Å². The molecule has 1 atom stereocenters. The molecular formula is C17H14N2O4. The summed E-state index contributed by atoms with van der Waals surface area (Å²) in [5.41, 5.74) is 7.30. The SMILES string of the molecule is Nc1ccc(C(CC(=O)O)N2C(=O)c3ccccc3C2=O)cc1. The molecule has 2 aromatic carbocycles. The Hall–Kier alpha value is -3.15.